The first-order chi connectivity index (χ1) is 32.7. The van der Waals surface area contributed by atoms with Gasteiger partial charge in [-0.1, -0.05) is 126 Å². The van der Waals surface area contributed by atoms with Crippen LogP contribution in [0.4, 0.5) is 31.5 Å². The summed E-state index contributed by atoms with van der Waals surface area (Å²) >= 11 is 0. The lowest BCUT2D eigenvalue weighted by Crippen LogP contribution is -2.12. The standard InChI is InChI=1S/C61H52F2N4O/c1-60(2,3)43-30-31-64-58(36-43)67-56-19-13-10-16-50(56)51-29-28-48(38-57(51)67)68-49-33-42(39-14-8-7-9-15-39)32-47(37-49)65-54-17-11-12-18-55(54)66-59-52(40-20-24-45(62)25-21-40)34-44(61(4,5)6)35-53(59)41-22-26-46(63)27-23-41/h7-38,65-66H,1-6H3. The van der Waals surface area contributed by atoms with E-state index in [9.17, 15) is 8.78 Å². The lowest BCUT2D eigenvalue weighted by atomic mass is 9.82. The predicted octanol–water partition coefficient (Wildman–Crippen LogP) is 17.3. The van der Waals surface area contributed by atoms with Crippen molar-refractivity contribution in [2.45, 2.75) is 52.4 Å². The number of nitrogens with one attached hydrogen (secondary N) is 2. The van der Waals surface area contributed by atoms with Crippen molar-refractivity contribution in [3.63, 3.8) is 0 Å². The summed E-state index contributed by atoms with van der Waals surface area (Å²) in [6, 6.07) is 61.0. The van der Waals surface area contributed by atoms with Gasteiger partial charge in [-0.15, -0.1) is 0 Å². The number of hydrogen-bond donors (Lipinski definition) is 2. The zero-order valence-electron chi connectivity index (χ0n) is 39.0. The summed E-state index contributed by atoms with van der Waals surface area (Å²) in [6.07, 6.45) is 1.89. The molecule has 8 aromatic carbocycles. The molecule has 7 heteroatoms. The zero-order chi connectivity index (χ0) is 47.2. The second-order valence-electron chi connectivity index (χ2n) is 19.4. The third-order valence-corrected chi connectivity index (χ3v) is 12.5. The number of fused-ring (bicyclic) bond motifs is 3. The fraction of sp³-hybridized carbons (Fsp3) is 0.131. The van der Waals surface area contributed by atoms with E-state index >= 15 is 0 Å². The van der Waals surface area contributed by atoms with Crippen LogP contribution in [0.25, 0.3) is 61.0 Å². The second-order valence-corrected chi connectivity index (χ2v) is 19.4. The SMILES string of the molecule is CC(C)(C)c1ccnc(-n2c3ccccc3c3ccc(Oc4cc(Nc5ccccc5Nc5c(-c6ccc(F)cc6)cc(C(C)(C)C)cc5-c5ccc(F)cc5)cc(-c5ccccc5)c4)cc32)c1. The van der Waals surface area contributed by atoms with Crippen LogP contribution in [0.15, 0.2) is 194 Å². The van der Waals surface area contributed by atoms with Gasteiger partial charge in [-0.05, 0) is 135 Å². The predicted molar refractivity (Wildman–Crippen MR) is 278 cm³/mol. The van der Waals surface area contributed by atoms with Crippen molar-refractivity contribution in [1.29, 1.82) is 0 Å². The number of anilines is 4. The van der Waals surface area contributed by atoms with E-state index in [1.165, 1.54) is 29.8 Å². The molecule has 0 spiro atoms. The third kappa shape index (κ3) is 8.95. The Morgan fingerprint density at radius 2 is 1.04 bits per heavy atom. The van der Waals surface area contributed by atoms with Gasteiger partial charge in [0, 0.05) is 45.9 Å². The largest absolute Gasteiger partial charge is 0.457 e. The van der Waals surface area contributed by atoms with Crippen LogP contribution >= 0.6 is 0 Å². The normalized spacial score (nSPS) is 11.8. The lowest BCUT2D eigenvalue weighted by Gasteiger charge is -2.26. The number of para-hydroxylation sites is 3. The molecular formula is C61H52F2N4O. The monoisotopic (exact) mass is 894 g/mol. The van der Waals surface area contributed by atoms with Crippen molar-refractivity contribution in [1.82, 2.24) is 9.55 Å². The Labute approximate surface area is 396 Å². The molecule has 0 amide bonds. The van der Waals surface area contributed by atoms with Gasteiger partial charge in [0.25, 0.3) is 0 Å². The molecule has 10 aromatic rings. The summed E-state index contributed by atoms with van der Waals surface area (Å²) in [5.74, 6) is 1.57. The van der Waals surface area contributed by atoms with Gasteiger partial charge in [0.2, 0.25) is 0 Å². The van der Waals surface area contributed by atoms with Crippen molar-refractivity contribution in [2.24, 2.45) is 0 Å². The van der Waals surface area contributed by atoms with E-state index in [2.05, 4.69) is 142 Å². The van der Waals surface area contributed by atoms with Crippen molar-refractivity contribution >= 4 is 44.6 Å². The van der Waals surface area contributed by atoms with Crippen LogP contribution < -0.4 is 15.4 Å². The highest BCUT2D eigenvalue weighted by Gasteiger charge is 2.23. The molecule has 2 heterocycles. The number of benzene rings is 8. The van der Waals surface area contributed by atoms with Gasteiger partial charge < -0.3 is 15.4 Å². The van der Waals surface area contributed by atoms with Crippen LogP contribution in [0.2, 0.25) is 0 Å². The van der Waals surface area contributed by atoms with Gasteiger partial charge in [0.15, 0.2) is 0 Å². The van der Waals surface area contributed by atoms with Crippen molar-refractivity contribution < 1.29 is 13.5 Å². The Hall–Kier alpha value is -8.03. The number of nitrogens with zero attached hydrogens (tertiary/aromatic N) is 2. The van der Waals surface area contributed by atoms with Gasteiger partial charge in [0.05, 0.1) is 28.1 Å². The molecule has 0 saturated carbocycles. The summed E-state index contributed by atoms with van der Waals surface area (Å²) in [6.45, 7) is 13.2. The first-order valence-corrected chi connectivity index (χ1v) is 23.0. The summed E-state index contributed by atoms with van der Waals surface area (Å²) in [4.78, 5) is 4.88. The molecule has 0 unspecified atom stereocenters. The van der Waals surface area contributed by atoms with E-state index in [4.69, 9.17) is 9.72 Å². The van der Waals surface area contributed by atoms with Crippen LogP contribution in [-0.4, -0.2) is 9.55 Å². The molecule has 0 aliphatic rings. The highest BCUT2D eigenvalue weighted by atomic mass is 19.1. The Bertz CT molecular complexity index is 3390. The van der Waals surface area contributed by atoms with E-state index in [0.29, 0.717) is 11.5 Å². The molecule has 0 atom stereocenters. The molecule has 2 aromatic heterocycles. The van der Waals surface area contributed by atoms with Gasteiger partial charge in [-0.3, -0.25) is 4.57 Å². The Morgan fingerprint density at radius 3 is 1.69 bits per heavy atom. The van der Waals surface area contributed by atoms with Gasteiger partial charge >= 0.3 is 0 Å². The first kappa shape index (κ1) is 43.8. The average Bonchev–Trinajstić information content (AvgIpc) is 3.66. The summed E-state index contributed by atoms with van der Waals surface area (Å²) in [5, 5.41) is 9.79. The zero-order valence-corrected chi connectivity index (χ0v) is 39.0. The van der Waals surface area contributed by atoms with E-state index < -0.39 is 0 Å². The first-order valence-electron chi connectivity index (χ1n) is 23.0. The van der Waals surface area contributed by atoms with Gasteiger partial charge in [0.1, 0.15) is 29.0 Å². The Kier molecular flexibility index (Phi) is 11.4. The smallest absolute Gasteiger partial charge is 0.137 e. The van der Waals surface area contributed by atoms with E-state index in [1.807, 2.05) is 60.8 Å². The maximum atomic E-state index is 14.4. The molecule has 2 N–H and O–H groups in total. The van der Waals surface area contributed by atoms with E-state index in [1.54, 1.807) is 24.3 Å². The fourth-order valence-electron chi connectivity index (χ4n) is 8.85. The van der Waals surface area contributed by atoms with Crippen LogP contribution in [-0.2, 0) is 10.8 Å². The van der Waals surface area contributed by atoms with Gasteiger partial charge in [-0.25, -0.2) is 13.8 Å². The second kappa shape index (κ2) is 17.6. The van der Waals surface area contributed by atoms with Gasteiger partial charge in [-0.2, -0.15) is 0 Å². The molecule has 10 rings (SSSR count). The van der Waals surface area contributed by atoms with Crippen LogP contribution in [0.5, 0.6) is 11.5 Å². The van der Waals surface area contributed by atoms with Crippen LogP contribution in [0, 0.1) is 11.6 Å². The number of aromatic nitrogens is 2. The maximum absolute atomic E-state index is 14.4. The van der Waals surface area contributed by atoms with Crippen molar-refractivity contribution in [2.75, 3.05) is 10.6 Å². The highest BCUT2D eigenvalue weighted by Crippen LogP contribution is 2.45. The molecule has 0 bridgehead atoms. The molecule has 0 saturated heterocycles. The summed E-state index contributed by atoms with van der Waals surface area (Å²) in [5.41, 5.74) is 12.8. The Morgan fingerprint density at radius 1 is 0.456 bits per heavy atom. The highest BCUT2D eigenvalue weighted by molar-refractivity contribution is 6.09. The van der Waals surface area contributed by atoms with E-state index in [-0.39, 0.29) is 22.5 Å². The van der Waals surface area contributed by atoms with E-state index in [0.717, 1.165) is 89.3 Å². The number of ether oxygens (including phenoxy) is 1. The van der Waals surface area contributed by atoms with Crippen molar-refractivity contribution in [3.05, 3.63) is 217 Å². The minimum Gasteiger partial charge on any atom is -0.457 e. The molecular weight excluding hydrogens is 843 g/mol. The molecule has 0 aliphatic heterocycles. The number of halogens is 2. The molecule has 0 radical (unpaired) electrons. The third-order valence-electron chi connectivity index (χ3n) is 12.5. The quantitative estimate of drug-likeness (QED) is 0.144. The average molecular weight is 895 g/mol. The Balaban J connectivity index is 1.06. The maximum Gasteiger partial charge on any atom is 0.137 e. The number of pyridine rings is 1. The lowest BCUT2D eigenvalue weighted by molar-refractivity contribution is 0.484. The summed E-state index contributed by atoms with van der Waals surface area (Å²) in [7, 11) is 0. The van der Waals surface area contributed by atoms with Crippen LogP contribution in [0.1, 0.15) is 52.7 Å². The van der Waals surface area contributed by atoms with Crippen LogP contribution in [0.3, 0.4) is 0 Å². The minimum atomic E-state index is -0.312. The molecule has 0 fully saturated rings. The fourth-order valence-corrected chi connectivity index (χ4v) is 8.85. The minimum absolute atomic E-state index is 0.0472. The topological polar surface area (TPSA) is 51.1 Å². The molecule has 0 aliphatic carbocycles. The molecule has 68 heavy (non-hydrogen) atoms. The number of hydrogen-bond acceptors (Lipinski definition) is 4. The summed E-state index contributed by atoms with van der Waals surface area (Å²) < 4.78 is 37.9. The van der Waals surface area contributed by atoms with Crippen molar-refractivity contribution in [3.8, 4) is 50.7 Å². The number of rotatable bonds is 10. The molecule has 5 nitrogen and oxygen atoms in total. The molecule has 336 valence electrons.